The first-order valence-electron chi connectivity index (χ1n) is 5.52. The number of carbonyl (C=O) groups excluding carboxylic acids is 1. The molecular weight excluding hydrogens is 210 g/mol. The van der Waals surface area contributed by atoms with Crippen molar-refractivity contribution >= 4 is 22.8 Å². The number of carbonyl (C=O) groups is 1. The fourth-order valence-electron chi connectivity index (χ4n) is 1.74. The lowest BCUT2D eigenvalue weighted by molar-refractivity contribution is -0.122. The van der Waals surface area contributed by atoms with Crippen molar-refractivity contribution in [2.75, 3.05) is 13.1 Å². The summed E-state index contributed by atoms with van der Waals surface area (Å²) in [7, 11) is 0. The number of hydrogen-bond acceptors (Lipinski definition) is 4. The minimum absolute atomic E-state index is 0.167. The molecule has 0 aromatic rings. The zero-order valence-corrected chi connectivity index (χ0v) is 9.77. The molecule has 4 nitrogen and oxygen atoms in total. The van der Waals surface area contributed by atoms with Crippen molar-refractivity contribution in [2.45, 2.75) is 37.5 Å². The number of thioether (sulfide) groups is 1. The molecule has 0 aliphatic carbocycles. The molecule has 2 aliphatic rings. The van der Waals surface area contributed by atoms with Crippen molar-refractivity contribution in [2.24, 2.45) is 4.99 Å². The Bertz CT molecular complexity index is 270. The maximum Gasteiger partial charge on any atom is 0.220 e. The number of amides is 1. The molecule has 2 atom stereocenters. The molecular formula is C10H17N3OS. The van der Waals surface area contributed by atoms with Gasteiger partial charge in [-0.15, -0.1) is 0 Å². The molecule has 1 amide bonds. The summed E-state index contributed by atoms with van der Waals surface area (Å²) in [6, 6.07) is 0.365. The Kier molecular flexibility index (Phi) is 3.51. The Labute approximate surface area is 94.3 Å². The summed E-state index contributed by atoms with van der Waals surface area (Å²) in [4.78, 5) is 15.4. The van der Waals surface area contributed by atoms with Crippen molar-refractivity contribution in [1.29, 1.82) is 0 Å². The smallest absolute Gasteiger partial charge is 0.220 e. The number of rotatable bonds is 2. The molecule has 0 spiro atoms. The minimum atomic E-state index is 0.167. The molecule has 15 heavy (non-hydrogen) atoms. The quantitative estimate of drug-likeness (QED) is 0.731. The Morgan fingerprint density at radius 2 is 2.53 bits per heavy atom. The van der Waals surface area contributed by atoms with Gasteiger partial charge in [-0.2, -0.15) is 0 Å². The molecule has 2 aliphatic heterocycles. The Morgan fingerprint density at radius 1 is 1.67 bits per heavy atom. The van der Waals surface area contributed by atoms with Gasteiger partial charge in [0, 0.05) is 24.3 Å². The SMILES string of the molecule is CCC1CN=C(NC2CCC(=O)NC2)S1. The second kappa shape index (κ2) is 4.88. The average Bonchev–Trinajstić information content (AvgIpc) is 2.69. The van der Waals surface area contributed by atoms with Crippen LogP contribution in [0.2, 0.25) is 0 Å². The second-order valence-corrected chi connectivity index (χ2v) is 5.27. The third-order valence-electron chi connectivity index (χ3n) is 2.77. The third-order valence-corrected chi connectivity index (χ3v) is 4.05. The Morgan fingerprint density at radius 3 is 3.13 bits per heavy atom. The number of nitrogens with one attached hydrogen (secondary N) is 2. The summed E-state index contributed by atoms with van der Waals surface area (Å²) in [6.45, 7) is 3.86. The standard InChI is InChI=1S/C10H17N3OS/c1-2-8-6-12-10(15-8)13-7-3-4-9(14)11-5-7/h7-8H,2-6H2,1H3,(H,11,14)(H,12,13). The first-order chi connectivity index (χ1) is 7.28. The molecule has 0 saturated carbocycles. The van der Waals surface area contributed by atoms with Crippen molar-refractivity contribution < 1.29 is 4.79 Å². The zero-order chi connectivity index (χ0) is 10.7. The first kappa shape index (κ1) is 10.8. The molecule has 84 valence electrons. The van der Waals surface area contributed by atoms with Crippen LogP contribution in [0, 0.1) is 0 Å². The van der Waals surface area contributed by atoms with Crippen LogP contribution in [-0.2, 0) is 4.79 Å². The zero-order valence-electron chi connectivity index (χ0n) is 8.95. The maximum atomic E-state index is 11.0. The molecule has 2 N–H and O–H groups in total. The topological polar surface area (TPSA) is 53.5 Å². The van der Waals surface area contributed by atoms with Crippen LogP contribution in [0.15, 0.2) is 4.99 Å². The molecule has 5 heteroatoms. The number of amidine groups is 1. The Hall–Kier alpha value is -0.710. The van der Waals surface area contributed by atoms with Crippen LogP contribution in [-0.4, -0.2) is 35.5 Å². The highest BCUT2D eigenvalue weighted by Gasteiger charge is 2.23. The molecule has 2 rings (SSSR count). The van der Waals surface area contributed by atoms with Gasteiger partial charge in [-0.3, -0.25) is 9.79 Å². The Balaban J connectivity index is 1.76. The van der Waals surface area contributed by atoms with Crippen molar-refractivity contribution in [1.82, 2.24) is 10.6 Å². The number of nitrogens with zero attached hydrogens (tertiary/aromatic N) is 1. The van der Waals surface area contributed by atoms with Gasteiger partial charge < -0.3 is 10.6 Å². The number of piperidine rings is 1. The third kappa shape index (κ3) is 2.87. The second-order valence-electron chi connectivity index (χ2n) is 3.98. The summed E-state index contributed by atoms with van der Waals surface area (Å²) in [6.07, 6.45) is 2.72. The molecule has 1 fully saturated rings. The lowest BCUT2D eigenvalue weighted by atomic mass is 10.1. The van der Waals surface area contributed by atoms with E-state index in [0.717, 1.165) is 24.7 Å². The fraction of sp³-hybridized carbons (Fsp3) is 0.800. The maximum absolute atomic E-state index is 11.0. The molecule has 0 bridgehead atoms. The lowest BCUT2D eigenvalue weighted by Gasteiger charge is -2.24. The molecule has 0 radical (unpaired) electrons. The van der Waals surface area contributed by atoms with E-state index in [-0.39, 0.29) is 5.91 Å². The predicted molar refractivity (Wildman–Crippen MR) is 63.1 cm³/mol. The van der Waals surface area contributed by atoms with Gasteiger partial charge in [0.2, 0.25) is 5.91 Å². The van der Waals surface area contributed by atoms with Crippen LogP contribution in [0.1, 0.15) is 26.2 Å². The highest BCUT2D eigenvalue weighted by atomic mass is 32.2. The molecule has 2 heterocycles. The van der Waals surface area contributed by atoms with E-state index in [9.17, 15) is 4.79 Å². The van der Waals surface area contributed by atoms with Crippen LogP contribution < -0.4 is 10.6 Å². The van der Waals surface area contributed by atoms with Gasteiger partial charge in [-0.25, -0.2) is 0 Å². The van der Waals surface area contributed by atoms with Gasteiger partial charge in [-0.05, 0) is 12.8 Å². The van der Waals surface area contributed by atoms with Gasteiger partial charge in [0.15, 0.2) is 5.17 Å². The molecule has 2 unspecified atom stereocenters. The molecule has 0 aromatic heterocycles. The van der Waals surface area contributed by atoms with Crippen molar-refractivity contribution in [3.8, 4) is 0 Å². The van der Waals surface area contributed by atoms with Gasteiger partial charge in [0.05, 0.1) is 6.54 Å². The summed E-state index contributed by atoms with van der Waals surface area (Å²) in [5, 5.41) is 7.97. The van der Waals surface area contributed by atoms with E-state index in [4.69, 9.17) is 0 Å². The van der Waals surface area contributed by atoms with Gasteiger partial charge in [-0.1, -0.05) is 18.7 Å². The van der Waals surface area contributed by atoms with E-state index in [2.05, 4.69) is 22.5 Å². The van der Waals surface area contributed by atoms with E-state index in [0.29, 0.717) is 17.7 Å². The van der Waals surface area contributed by atoms with Crippen LogP contribution in [0.5, 0.6) is 0 Å². The first-order valence-corrected chi connectivity index (χ1v) is 6.40. The highest BCUT2D eigenvalue weighted by Crippen LogP contribution is 2.22. The van der Waals surface area contributed by atoms with E-state index in [1.54, 1.807) is 0 Å². The number of aliphatic imine (C=N–C) groups is 1. The monoisotopic (exact) mass is 227 g/mol. The normalized spacial score (nSPS) is 31.0. The summed E-state index contributed by atoms with van der Waals surface area (Å²) >= 11 is 1.83. The minimum Gasteiger partial charge on any atom is -0.360 e. The van der Waals surface area contributed by atoms with E-state index < -0.39 is 0 Å². The number of hydrogen-bond donors (Lipinski definition) is 2. The largest absolute Gasteiger partial charge is 0.360 e. The van der Waals surface area contributed by atoms with Crippen LogP contribution in [0.25, 0.3) is 0 Å². The summed E-state index contributed by atoms with van der Waals surface area (Å²) in [5.41, 5.74) is 0. The van der Waals surface area contributed by atoms with Gasteiger partial charge in [0.25, 0.3) is 0 Å². The molecule has 1 saturated heterocycles. The van der Waals surface area contributed by atoms with Crippen LogP contribution in [0.4, 0.5) is 0 Å². The molecule has 0 aromatic carbocycles. The van der Waals surface area contributed by atoms with Gasteiger partial charge in [0.1, 0.15) is 0 Å². The summed E-state index contributed by atoms with van der Waals surface area (Å²) < 4.78 is 0. The van der Waals surface area contributed by atoms with E-state index >= 15 is 0 Å². The lowest BCUT2D eigenvalue weighted by Crippen LogP contribution is -2.46. The average molecular weight is 227 g/mol. The van der Waals surface area contributed by atoms with Crippen LogP contribution in [0.3, 0.4) is 0 Å². The van der Waals surface area contributed by atoms with Gasteiger partial charge >= 0.3 is 0 Å². The predicted octanol–water partition coefficient (Wildman–Crippen LogP) is 0.736. The summed E-state index contributed by atoms with van der Waals surface area (Å²) in [5.74, 6) is 0.167. The van der Waals surface area contributed by atoms with Crippen molar-refractivity contribution in [3.63, 3.8) is 0 Å². The van der Waals surface area contributed by atoms with E-state index in [1.165, 1.54) is 6.42 Å². The highest BCUT2D eigenvalue weighted by molar-refractivity contribution is 8.14. The van der Waals surface area contributed by atoms with E-state index in [1.807, 2.05) is 11.8 Å². The van der Waals surface area contributed by atoms with Crippen LogP contribution >= 0.6 is 11.8 Å². The fourth-order valence-corrected chi connectivity index (χ4v) is 2.76. The van der Waals surface area contributed by atoms with Crippen molar-refractivity contribution in [3.05, 3.63) is 0 Å².